The Morgan fingerprint density at radius 1 is 0.317 bits per heavy atom. The smallest absolute Gasteiger partial charge is 0.164 e. The Morgan fingerprint density at radius 3 is 1.51 bits per heavy atom. The van der Waals surface area contributed by atoms with Gasteiger partial charge >= 0.3 is 0 Å². The molecule has 1 heterocycles. The summed E-state index contributed by atoms with van der Waals surface area (Å²) in [5.74, 6) is 2.30. The molecule has 0 aliphatic heterocycles. The van der Waals surface area contributed by atoms with E-state index in [0.29, 0.717) is 23.4 Å². The van der Waals surface area contributed by atoms with Crippen molar-refractivity contribution in [1.29, 1.82) is 0 Å². The normalized spacial score (nSPS) is 13.4. The fourth-order valence-corrected chi connectivity index (χ4v) is 9.92. The third-order valence-electron chi connectivity index (χ3n) is 13.0. The highest BCUT2D eigenvalue weighted by Gasteiger charge is 2.24. The average molecular weight is 804 g/mol. The van der Waals surface area contributed by atoms with Gasteiger partial charge in [-0.1, -0.05) is 206 Å². The average Bonchev–Trinajstić information content (AvgIpc) is 3.53. The van der Waals surface area contributed by atoms with Crippen molar-refractivity contribution in [2.24, 2.45) is 0 Å². The van der Waals surface area contributed by atoms with Crippen LogP contribution in [0.2, 0.25) is 0 Å². The number of fused-ring (bicyclic) bond motifs is 9. The second-order valence-corrected chi connectivity index (χ2v) is 16.6. The van der Waals surface area contributed by atoms with Gasteiger partial charge in [-0.3, -0.25) is 0 Å². The van der Waals surface area contributed by atoms with E-state index in [4.69, 9.17) is 15.0 Å². The molecule has 3 nitrogen and oxygen atoms in total. The first-order valence-corrected chi connectivity index (χ1v) is 21.9. The predicted octanol–water partition coefficient (Wildman–Crippen LogP) is 15.4. The van der Waals surface area contributed by atoms with Gasteiger partial charge in [-0.2, -0.15) is 0 Å². The Hall–Kier alpha value is -8.01. The Bertz CT molecular complexity index is 3430. The molecular weight excluding hydrogens is 763 g/mol. The number of hydrogen-bond donors (Lipinski definition) is 0. The lowest BCUT2D eigenvalue weighted by Crippen LogP contribution is -2.02. The molecular formula is C60H41N3. The second-order valence-electron chi connectivity index (χ2n) is 16.6. The minimum absolute atomic E-state index is 0.345. The number of rotatable bonds is 6. The molecule has 1 atom stereocenters. The van der Waals surface area contributed by atoms with Gasteiger partial charge in [0.15, 0.2) is 17.5 Å². The molecule has 0 bridgehead atoms. The highest BCUT2D eigenvalue weighted by atomic mass is 15.0. The third kappa shape index (κ3) is 6.57. The van der Waals surface area contributed by atoms with Crippen LogP contribution in [-0.2, 0) is 6.42 Å². The Labute approximate surface area is 367 Å². The van der Waals surface area contributed by atoms with Crippen LogP contribution in [0.15, 0.2) is 218 Å². The number of aryl methyl sites for hydroxylation is 1. The molecule has 1 aliphatic carbocycles. The van der Waals surface area contributed by atoms with E-state index in [1.807, 2.05) is 60.7 Å². The Balaban J connectivity index is 0.984. The summed E-state index contributed by atoms with van der Waals surface area (Å²) in [6.45, 7) is 0. The van der Waals surface area contributed by atoms with Gasteiger partial charge < -0.3 is 0 Å². The van der Waals surface area contributed by atoms with E-state index in [9.17, 15) is 0 Å². The van der Waals surface area contributed by atoms with Crippen molar-refractivity contribution in [3.05, 3.63) is 235 Å². The molecule has 1 unspecified atom stereocenters. The van der Waals surface area contributed by atoms with E-state index < -0.39 is 0 Å². The predicted molar refractivity (Wildman–Crippen MR) is 262 cm³/mol. The van der Waals surface area contributed by atoms with Crippen molar-refractivity contribution < 1.29 is 0 Å². The zero-order chi connectivity index (χ0) is 41.7. The first-order valence-electron chi connectivity index (χ1n) is 21.9. The van der Waals surface area contributed by atoms with Crippen molar-refractivity contribution in [3.8, 4) is 67.5 Å². The lowest BCUT2D eigenvalue weighted by Gasteiger charge is -2.20. The van der Waals surface area contributed by atoms with Crippen molar-refractivity contribution in [2.45, 2.75) is 18.8 Å². The van der Waals surface area contributed by atoms with Crippen LogP contribution in [0, 0.1) is 0 Å². The molecule has 296 valence electrons. The number of nitrogens with zero attached hydrogens (tertiary/aromatic N) is 3. The van der Waals surface area contributed by atoms with E-state index >= 15 is 0 Å². The Morgan fingerprint density at radius 2 is 0.810 bits per heavy atom. The molecule has 0 spiro atoms. The largest absolute Gasteiger partial charge is 0.208 e. The molecule has 12 rings (SSSR count). The van der Waals surface area contributed by atoms with Gasteiger partial charge in [0.25, 0.3) is 0 Å². The van der Waals surface area contributed by atoms with E-state index in [0.717, 1.165) is 35.1 Å². The second kappa shape index (κ2) is 15.5. The van der Waals surface area contributed by atoms with E-state index in [-0.39, 0.29) is 0 Å². The van der Waals surface area contributed by atoms with Gasteiger partial charge in [0.2, 0.25) is 0 Å². The molecule has 0 fully saturated rings. The summed E-state index contributed by atoms with van der Waals surface area (Å²) >= 11 is 0. The fraction of sp³-hybridized carbons (Fsp3) is 0.0500. The topological polar surface area (TPSA) is 38.7 Å². The van der Waals surface area contributed by atoms with Gasteiger partial charge in [0.1, 0.15) is 0 Å². The molecule has 1 aromatic heterocycles. The summed E-state index contributed by atoms with van der Waals surface area (Å²) in [6, 6.07) is 78.9. The van der Waals surface area contributed by atoms with E-state index in [2.05, 4.69) is 158 Å². The van der Waals surface area contributed by atoms with Crippen molar-refractivity contribution in [2.75, 3.05) is 0 Å². The minimum Gasteiger partial charge on any atom is -0.208 e. The molecule has 63 heavy (non-hydrogen) atoms. The summed E-state index contributed by atoms with van der Waals surface area (Å²) in [7, 11) is 0. The summed E-state index contributed by atoms with van der Waals surface area (Å²) < 4.78 is 0. The van der Waals surface area contributed by atoms with Crippen LogP contribution < -0.4 is 0 Å². The number of hydrogen-bond acceptors (Lipinski definition) is 3. The van der Waals surface area contributed by atoms with Crippen LogP contribution in [0.5, 0.6) is 0 Å². The summed E-state index contributed by atoms with van der Waals surface area (Å²) in [6.07, 6.45) is 2.15. The van der Waals surface area contributed by atoms with Gasteiger partial charge in [-0.15, -0.1) is 0 Å². The molecule has 0 saturated carbocycles. The van der Waals surface area contributed by atoms with Crippen LogP contribution >= 0.6 is 0 Å². The molecule has 1 aliphatic rings. The first-order chi connectivity index (χ1) is 31.2. The zero-order valence-electron chi connectivity index (χ0n) is 34.6. The van der Waals surface area contributed by atoms with Crippen LogP contribution in [-0.4, -0.2) is 15.0 Å². The lowest BCUT2D eigenvalue weighted by molar-refractivity contribution is 0.726. The monoisotopic (exact) mass is 803 g/mol. The molecule has 0 saturated heterocycles. The quantitative estimate of drug-likeness (QED) is 0.157. The SMILES string of the molecule is c1ccc(-c2nc(-c3ccccc3)nc(-c3ccc(-c4cccc5c6ccccc6c6cc(-c7ccc8c(c7)-c7ccccc7CCC8c7ccccc7)ccc6c45)cc3)n2)cc1. The molecule has 0 amide bonds. The maximum absolute atomic E-state index is 4.99. The molecule has 10 aromatic carbocycles. The summed E-state index contributed by atoms with van der Waals surface area (Å²) in [5, 5.41) is 7.52. The maximum atomic E-state index is 4.99. The molecule has 0 radical (unpaired) electrons. The lowest BCUT2D eigenvalue weighted by atomic mass is 9.84. The van der Waals surface area contributed by atoms with Crippen LogP contribution in [0.1, 0.15) is 29.0 Å². The number of aromatic nitrogens is 3. The first kappa shape index (κ1) is 36.8. The fourth-order valence-electron chi connectivity index (χ4n) is 9.92. The van der Waals surface area contributed by atoms with Gasteiger partial charge in [-0.25, -0.2) is 15.0 Å². The number of benzene rings is 10. The van der Waals surface area contributed by atoms with Crippen LogP contribution in [0.4, 0.5) is 0 Å². The third-order valence-corrected chi connectivity index (χ3v) is 13.0. The minimum atomic E-state index is 0.345. The van der Waals surface area contributed by atoms with Gasteiger partial charge in [-0.05, 0) is 107 Å². The molecule has 11 aromatic rings. The van der Waals surface area contributed by atoms with Crippen LogP contribution in [0.3, 0.4) is 0 Å². The summed E-state index contributed by atoms with van der Waals surface area (Å²) in [5.41, 5.74) is 14.5. The van der Waals surface area contributed by atoms with Crippen molar-refractivity contribution in [3.63, 3.8) is 0 Å². The van der Waals surface area contributed by atoms with Crippen LogP contribution in [0.25, 0.3) is 99.9 Å². The van der Waals surface area contributed by atoms with E-state index in [1.54, 1.807) is 0 Å². The van der Waals surface area contributed by atoms with Crippen molar-refractivity contribution >= 4 is 32.3 Å². The zero-order valence-corrected chi connectivity index (χ0v) is 34.6. The van der Waals surface area contributed by atoms with Gasteiger partial charge in [0, 0.05) is 22.6 Å². The Kier molecular flexibility index (Phi) is 9.04. The van der Waals surface area contributed by atoms with Crippen molar-refractivity contribution in [1.82, 2.24) is 15.0 Å². The van der Waals surface area contributed by atoms with Gasteiger partial charge in [0.05, 0.1) is 0 Å². The summed E-state index contributed by atoms with van der Waals surface area (Å²) in [4.78, 5) is 14.9. The maximum Gasteiger partial charge on any atom is 0.164 e. The standard InChI is InChI=1S/C60H41N3/c1-4-15-39(16-5-1)48-34-31-40-17-10-11-22-47(40)55-37-45(32-35-52(48)55)46-33-36-54-56(38-46)51-24-13-12-23-50(51)53-26-14-25-49(57(53)54)41-27-29-44(30-28-41)60-62-58(42-18-6-2-7-19-42)61-59(63-60)43-20-8-3-9-21-43/h1-30,32-33,35-38,48H,31,34H2. The highest BCUT2D eigenvalue weighted by molar-refractivity contribution is 6.28. The van der Waals surface area contributed by atoms with E-state index in [1.165, 1.54) is 76.8 Å². The molecule has 0 N–H and O–H groups in total. The molecule has 3 heteroatoms. The highest BCUT2D eigenvalue weighted by Crippen LogP contribution is 2.45.